The molecule has 0 radical (unpaired) electrons. The fraction of sp³-hybridized carbons (Fsp3) is 0.667. The Balaban J connectivity index is 2.96. The number of hydrogen-bond donors (Lipinski definition) is 0. The van der Waals surface area contributed by atoms with Crippen LogP contribution in [0.4, 0.5) is 0 Å². The zero-order chi connectivity index (χ0) is 4.99. The lowest BCUT2D eigenvalue weighted by atomic mass is 9.99. The van der Waals surface area contributed by atoms with Gasteiger partial charge in [-0.2, -0.15) is 0 Å². The zero-order valence-corrected chi connectivity index (χ0v) is 4.14. The lowest BCUT2D eigenvalue weighted by Gasteiger charge is -2.00. The van der Waals surface area contributed by atoms with Gasteiger partial charge in [-0.05, 0) is 7.05 Å². The van der Waals surface area contributed by atoms with Gasteiger partial charge >= 0.3 is 0 Å². The van der Waals surface area contributed by atoms with Gasteiger partial charge in [0.05, 0.1) is 0 Å². The van der Waals surface area contributed by atoms with Crippen LogP contribution in [0.2, 0.25) is 6.82 Å². The molecule has 34 valence electrons. The first-order valence-electron chi connectivity index (χ1n) is 1.96. The first-order valence-corrected chi connectivity index (χ1v) is 1.96. The topological polar surface area (TPSA) is 20.3 Å². The van der Waals surface area contributed by atoms with Crippen molar-refractivity contribution in [2.45, 2.75) is 6.82 Å². The van der Waals surface area contributed by atoms with Crippen LogP contribution in [-0.4, -0.2) is 25.7 Å². The maximum atomic E-state index is 9.66. The molecule has 0 aliphatic heterocycles. The minimum Gasteiger partial charge on any atom is -0.396 e. The second-order valence-electron chi connectivity index (χ2n) is 1.18. The molecule has 0 aromatic rings. The van der Waals surface area contributed by atoms with Gasteiger partial charge in [0.1, 0.15) is 0 Å². The van der Waals surface area contributed by atoms with Crippen LogP contribution in [0, 0.1) is 0 Å². The SMILES string of the molecule is CBN(C)C=O. The van der Waals surface area contributed by atoms with Crippen molar-refractivity contribution >= 4 is 13.8 Å². The highest BCUT2D eigenvalue weighted by atomic mass is 16.1. The molecule has 0 spiro atoms. The molecule has 0 atom stereocenters. The quantitative estimate of drug-likeness (QED) is 0.326. The van der Waals surface area contributed by atoms with E-state index in [-0.39, 0.29) is 0 Å². The molecule has 0 aliphatic rings. The molecule has 0 fully saturated rings. The van der Waals surface area contributed by atoms with Crippen molar-refractivity contribution in [1.82, 2.24) is 4.81 Å². The Morgan fingerprint density at radius 1 is 1.83 bits per heavy atom. The van der Waals surface area contributed by atoms with Crippen molar-refractivity contribution in [3.63, 3.8) is 0 Å². The van der Waals surface area contributed by atoms with Crippen LogP contribution in [0.3, 0.4) is 0 Å². The van der Waals surface area contributed by atoms with Crippen LogP contribution in [0.15, 0.2) is 0 Å². The van der Waals surface area contributed by atoms with E-state index < -0.39 is 0 Å². The molecule has 0 unspecified atom stereocenters. The van der Waals surface area contributed by atoms with Gasteiger partial charge in [-0.25, -0.2) is 0 Å². The summed E-state index contributed by atoms with van der Waals surface area (Å²) in [4.78, 5) is 11.2. The molecule has 1 amide bonds. The third-order valence-electron chi connectivity index (χ3n) is 0.679. The van der Waals surface area contributed by atoms with Gasteiger partial charge < -0.3 is 4.81 Å². The summed E-state index contributed by atoms with van der Waals surface area (Å²) in [5, 5.41) is 0. The summed E-state index contributed by atoms with van der Waals surface area (Å²) in [6, 6.07) is 0. The van der Waals surface area contributed by atoms with E-state index >= 15 is 0 Å². The van der Waals surface area contributed by atoms with Crippen molar-refractivity contribution in [2.75, 3.05) is 7.05 Å². The van der Waals surface area contributed by atoms with Gasteiger partial charge in [0.25, 0.3) is 0 Å². The smallest absolute Gasteiger partial charge is 0.235 e. The summed E-state index contributed by atoms with van der Waals surface area (Å²) in [6.45, 7) is 1.92. The Morgan fingerprint density at radius 3 is 2.33 bits per heavy atom. The van der Waals surface area contributed by atoms with E-state index in [1.807, 2.05) is 6.82 Å². The highest BCUT2D eigenvalue weighted by Crippen LogP contribution is 1.62. The van der Waals surface area contributed by atoms with Gasteiger partial charge in [-0.1, -0.05) is 6.82 Å². The second-order valence-corrected chi connectivity index (χ2v) is 1.18. The summed E-state index contributed by atoms with van der Waals surface area (Å²) in [7, 11) is 2.54. The highest BCUT2D eigenvalue weighted by molar-refractivity contribution is 6.32. The molecular weight excluding hydrogens is 76.9 g/mol. The van der Waals surface area contributed by atoms with E-state index in [9.17, 15) is 4.79 Å². The van der Waals surface area contributed by atoms with E-state index in [1.165, 1.54) is 0 Å². The van der Waals surface area contributed by atoms with Crippen LogP contribution in [0.5, 0.6) is 0 Å². The molecule has 0 bridgehead atoms. The van der Waals surface area contributed by atoms with Gasteiger partial charge in [0, 0.05) is 0 Å². The van der Waals surface area contributed by atoms with Crippen molar-refractivity contribution in [1.29, 1.82) is 0 Å². The minimum absolute atomic E-state index is 0.795. The summed E-state index contributed by atoms with van der Waals surface area (Å²) >= 11 is 0. The van der Waals surface area contributed by atoms with Crippen LogP contribution < -0.4 is 0 Å². The Morgan fingerprint density at radius 2 is 2.33 bits per heavy atom. The van der Waals surface area contributed by atoms with E-state index in [4.69, 9.17) is 0 Å². The Kier molecular flexibility index (Phi) is 2.54. The number of nitrogens with zero attached hydrogens (tertiary/aromatic N) is 1. The third kappa shape index (κ3) is 1.82. The summed E-state index contributed by atoms with van der Waals surface area (Å²) in [5.41, 5.74) is 0. The standard InChI is InChI=1S/C3H8BNO/c1-4-5(2)3-6/h3-4H,1-2H3. The van der Waals surface area contributed by atoms with Gasteiger partial charge in [0.2, 0.25) is 7.41 Å². The second kappa shape index (κ2) is 2.76. The summed E-state index contributed by atoms with van der Waals surface area (Å²) < 4.78 is 0. The van der Waals surface area contributed by atoms with Crippen LogP contribution in [0.1, 0.15) is 0 Å². The summed E-state index contributed by atoms with van der Waals surface area (Å²) in [6.07, 6.45) is 0.806. The predicted molar refractivity (Wildman–Crippen MR) is 26.8 cm³/mol. The Labute approximate surface area is 38.4 Å². The molecule has 0 saturated carbocycles. The molecule has 0 aromatic heterocycles. The molecule has 2 nitrogen and oxygen atoms in total. The predicted octanol–water partition coefficient (Wildman–Crippen LogP) is -0.526. The molecule has 0 saturated heterocycles. The van der Waals surface area contributed by atoms with Crippen molar-refractivity contribution in [3.05, 3.63) is 0 Å². The van der Waals surface area contributed by atoms with Gasteiger partial charge in [-0.3, -0.25) is 4.79 Å². The maximum Gasteiger partial charge on any atom is 0.235 e. The zero-order valence-electron chi connectivity index (χ0n) is 4.14. The van der Waals surface area contributed by atoms with Gasteiger partial charge in [0.15, 0.2) is 6.41 Å². The molecule has 0 aliphatic carbocycles. The number of hydrogen-bond acceptors (Lipinski definition) is 1. The lowest BCUT2D eigenvalue weighted by molar-refractivity contribution is -0.113. The van der Waals surface area contributed by atoms with Crippen molar-refractivity contribution in [2.24, 2.45) is 0 Å². The molecule has 0 N–H and O–H groups in total. The number of rotatable bonds is 2. The average molecular weight is 84.9 g/mol. The van der Waals surface area contributed by atoms with Crippen LogP contribution in [0.25, 0.3) is 0 Å². The molecule has 0 rings (SSSR count). The number of carbonyl (C=O) groups excluding carboxylic acids is 1. The lowest BCUT2D eigenvalue weighted by Crippen LogP contribution is -2.17. The van der Waals surface area contributed by atoms with E-state index in [2.05, 4.69) is 0 Å². The largest absolute Gasteiger partial charge is 0.396 e. The van der Waals surface area contributed by atoms with E-state index in [0.29, 0.717) is 0 Å². The molecular formula is C3H8BNO. The maximum absolute atomic E-state index is 9.66. The van der Waals surface area contributed by atoms with Crippen LogP contribution >= 0.6 is 0 Å². The monoisotopic (exact) mass is 85.1 g/mol. The normalized spacial score (nSPS) is 7.00. The fourth-order valence-corrected chi connectivity index (χ4v) is 0.0745. The minimum atomic E-state index is 0.795. The summed E-state index contributed by atoms with van der Waals surface area (Å²) in [5.74, 6) is 0. The average Bonchev–Trinajstić information content (AvgIpc) is 1.65. The fourth-order valence-electron chi connectivity index (χ4n) is 0.0745. The van der Waals surface area contributed by atoms with Crippen LogP contribution in [-0.2, 0) is 4.79 Å². The molecule has 0 aromatic carbocycles. The third-order valence-corrected chi connectivity index (χ3v) is 0.679. The van der Waals surface area contributed by atoms with E-state index in [0.717, 1.165) is 13.8 Å². The van der Waals surface area contributed by atoms with E-state index in [1.54, 1.807) is 11.9 Å². The Bertz CT molecular complexity index is 48.1. The van der Waals surface area contributed by atoms with Gasteiger partial charge in [-0.15, -0.1) is 0 Å². The Hall–Kier alpha value is -0.465. The van der Waals surface area contributed by atoms with Crippen molar-refractivity contribution in [3.8, 4) is 0 Å². The number of amides is 1. The first-order chi connectivity index (χ1) is 2.81. The molecule has 0 heterocycles. The highest BCUT2D eigenvalue weighted by Gasteiger charge is 1.82. The van der Waals surface area contributed by atoms with Crippen molar-refractivity contribution < 1.29 is 4.79 Å². The number of carbonyl (C=O) groups is 1. The molecule has 3 heteroatoms. The molecule has 6 heavy (non-hydrogen) atoms. The first kappa shape index (κ1) is 5.53.